The summed E-state index contributed by atoms with van der Waals surface area (Å²) in [5.41, 5.74) is 1.73. The van der Waals surface area contributed by atoms with Crippen LogP contribution in [0.3, 0.4) is 0 Å². The van der Waals surface area contributed by atoms with Gasteiger partial charge in [-0.05, 0) is 29.8 Å². The molecule has 0 amide bonds. The van der Waals surface area contributed by atoms with Crippen LogP contribution in [-0.2, 0) is 4.79 Å². The standard InChI is InChI=1S/C16H11BrO2/c17-13-7-5-11(6-8-13)14(10-18)16-9-12-3-1-2-4-15(12)19-16/h1-10,14H. The van der Waals surface area contributed by atoms with Crippen molar-refractivity contribution in [3.05, 3.63) is 70.4 Å². The van der Waals surface area contributed by atoms with Gasteiger partial charge in [0.1, 0.15) is 17.6 Å². The Morgan fingerprint density at radius 3 is 2.47 bits per heavy atom. The largest absolute Gasteiger partial charge is 0.460 e. The van der Waals surface area contributed by atoms with E-state index < -0.39 is 0 Å². The first kappa shape index (κ1) is 12.2. The second-order valence-electron chi connectivity index (χ2n) is 4.35. The zero-order valence-electron chi connectivity index (χ0n) is 10.0. The number of aldehydes is 1. The molecule has 0 radical (unpaired) electrons. The van der Waals surface area contributed by atoms with Crippen LogP contribution in [-0.4, -0.2) is 6.29 Å². The Hall–Kier alpha value is -1.87. The normalized spacial score (nSPS) is 12.5. The number of rotatable bonds is 3. The Morgan fingerprint density at radius 2 is 1.79 bits per heavy atom. The van der Waals surface area contributed by atoms with Crippen molar-refractivity contribution in [3.63, 3.8) is 0 Å². The Bertz CT molecular complexity index is 680. The molecule has 3 heteroatoms. The van der Waals surface area contributed by atoms with Crippen LogP contribution in [0.2, 0.25) is 0 Å². The molecule has 3 rings (SSSR count). The highest BCUT2D eigenvalue weighted by molar-refractivity contribution is 9.10. The Morgan fingerprint density at radius 1 is 1.05 bits per heavy atom. The van der Waals surface area contributed by atoms with Gasteiger partial charge in [-0.1, -0.05) is 46.3 Å². The van der Waals surface area contributed by atoms with E-state index in [0.29, 0.717) is 5.76 Å². The Labute approximate surface area is 119 Å². The summed E-state index contributed by atoms with van der Waals surface area (Å²) < 4.78 is 6.75. The minimum absolute atomic E-state index is 0.361. The first-order valence-corrected chi connectivity index (χ1v) is 6.76. The molecule has 19 heavy (non-hydrogen) atoms. The minimum atomic E-state index is -0.361. The molecule has 0 aliphatic carbocycles. The number of fused-ring (bicyclic) bond motifs is 1. The summed E-state index contributed by atoms with van der Waals surface area (Å²) in [7, 11) is 0. The van der Waals surface area contributed by atoms with Gasteiger partial charge in [0.15, 0.2) is 0 Å². The number of furan rings is 1. The molecule has 0 aliphatic heterocycles. The van der Waals surface area contributed by atoms with E-state index in [4.69, 9.17) is 4.42 Å². The third-order valence-corrected chi connectivity index (χ3v) is 3.64. The lowest BCUT2D eigenvalue weighted by atomic mass is 9.98. The van der Waals surface area contributed by atoms with Crippen LogP contribution in [0.5, 0.6) is 0 Å². The van der Waals surface area contributed by atoms with Gasteiger partial charge >= 0.3 is 0 Å². The molecule has 0 saturated carbocycles. The van der Waals surface area contributed by atoms with Gasteiger partial charge in [0.05, 0.1) is 5.92 Å². The van der Waals surface area contributed by atoms with Crippen molar-refractivity contribution in [1.29, 1.82) is 0 Å². The van der Waals surface area contributed by atoms with E-state index in [0.717, 1.165) is 27.3 Å². The molecule has 1 atom stereocenters. The van der Waals surface area contributed by atoms with Crippen molar-refractivity contribution >= 4 is 33.2 Å². The van der Waals surface area contributed by atoms with E-state index in [2.05, 4.69) is 15.9 Å². The number of carbonyl (C=O) groups is 1. The maximum absolute atomic E-state index is 11.4. The first-order valence-electron chi connectivity index (χ1n) is 5.97. The number of hydrogen-bond donors (Lipinski definition) is 0. The van der Waals surface area contributed by atoms with Crippen molar-refractivity contribution in [2.24, 2.45) is 0 Å². The molecule has 0 bridgehead atoms. The highest BCUT2D eigenvalue weighted by atomic mass is 79.9. The third kappa shape index (κ3) is 2.34. The summed E-state index contributed by atoms with van der Waals surface area (Å²) in [6, 6.07) is 17.4. The smallest absolute Gasteiger partial charge is 0.135 e. The van der Waals surface area contributed by atoms with Crippen molar-refractivity contribution in [2.45, 2.75) is 5.92 Å². The number of carbonyl (C=O) groups excluding carboxylic acids is 1. The molecule has 1 aromatic heterocycles. The molecular weight excluding hydrogens is 304 g/mol. The van der Waals surface area contributed by atoms with Crippen LogP contribution < -0.4 is 0 Å². The van der Waals surface area contributed by atoms with Crippen molar-refractivity contribution in [2.75, 3.05) is 0 Å². The molecule has 2 aromatic carbocycles. The molecule has 0 spiro atoms. The lowest BCUT2D eigenvalue weighted by Crippen LogP contribution is -2.00. The Kier molecular flexibility index (Phi) is 3.22. The van der Waals surface area contributed by atoms with Crippen molar-refractivity contribution in [3.8, 4) is 0 Å². The van der Waals surface area contributed by atoms with Crippen LogP contribution in [0.1, 0.15) is 17.2 Å². The zero-order chi connectivity index (χ0) is 13.2. The van der Waals surface area contributed by atoms with Gasteiger partial charge in [-0.2, -0.15) is 0 Å². The average Bonchev–Trinajstić information content (AvgIpc) is 2.85. The van der Waals surface area contributed by atoms with Gasteiger partial charge in [-0.25, -0.2) is 0 Å². The summed E-state index contributed by atoms with van der Waals surface area (Å²) in [5, 5.41) is 1.02. The second-order valence-corrected chi connectivity index (χ2v) is 5.27. The molecule has 1 heterocycles. The number of para-hydroxylation sites is 1. The molecule has 2 nitrogen and oxygen atoms in total. The highest BCUT2D eigenvalue weighted by Gasteiger charge is 2.17. The van der Waals surface area contributed by atoms with Crippen LogP contribution in [0, 0.1) is 0 Å². The lowest BCUT2D eigenvalue weighted by Gasteiger charge is -2.07. The van der Waals surface area contributed by atoms with E-state index in [9.17, 15) is 4.79 Å². The highest BCUT2D eigenvalue weighted by Crippen LogP contribution is 2.29. The summed E-state index contributed by atoms with van der Waals surface area (Å²) in [5.74, 6) is 0.319. The predicted molar refractivity (Wildman–Crippen MR) is 78.3 cm³/mol. The summed E-state index contributed by atoms with van der Waals surface area (Å²) in [6.45, 7) is 0. The quantitative estimate of drug-likeness (QED) is 0.665. The van der Waals surface area contributed by atoms with E-state index >= 15 is 0 Å². The fraction of sp³-hybridized carbons (Fsp3) is 0.0625. The molecular formula is C16H11BrO2. The average molecular weight is 315 g/mol. The van der Waals surface area contributed by atoms with Gasteiger partial charge in [0, 0.05) is 9.86 Å². The number of benzene rings is 2. The van der Waals surface area contributed by atoms with E-state index in [-0.39, 0.29) is 5.92 Å². The monoisotopic (exact) mass is 314 g/mol. The van der Waals surface area contributed by atoms with Gasteiger partial charge in [0.25, 0.3) is 0 Å². The van der Waals surface area contributed by atoms with Crippen LogP contribution in [0.4, 0.5) is 0 Å². The number of hydrogen-bond acceptors (Lipinski definition) is 2. The van der Waals surface area contributed by atoms with E-state index in [1.165, 1.54) is 0 Å². The minimum Gasteiger partial charge on any atom is -0.460 e. The lowest BCUT2D eigenvalue weighted by molar-refractivity contribution is -0.108. The second kappa shape index (κ2) is 5.02. The third-order valence-electron chi connectivity index (χ3n) is 3.12. The predicted octanol–water partition coefficient (Wildman–Crippen LogP) is 4.53. The van der Waals surface area contributed by atoms with E-state index in [1.807, 2.05) is 54.6 Å². The number of halogens is 1. The molecule has 3 aromatic rings. The first-order chi connectivity index (χ1) is 9.28. The molecule has 0 aliphatic rings. The van der Waals surface area contributed by atoms with Crippen LogP contribution >= 0.6 is 15.9 Å². The van der Waals surface area contributed by atoms with Crippen molar-refractivity contribution in [1.82, 2.24) is 0 Å². The molecule has 0 saturated heterocycles. The maximum atomic E-state index is 11.4. The molecule has 1 unspecified atom stereocenters. The fourth-order valence-corrected chi connectivity index (χ4v) is 2.40. The van der Waals surface area contributed by atoms with E-state index in [1.54, 1.807) is 0 Å². The SMILES string of the molecule is O=CC(c1ccc(Br)cc1)c1cc2ccccc2o1. The van der Waals surface area contributed by atoms with Crippen LogP contribution in [0.15, 0.2) is 63.5 Å². The van der Waals surface area contributed by atoms with Gasteiger partial charge in [-0.3, -0.25) is 0 Å². The van der Waals surface area contributed by atoms with Crippen molar-refractivity contribution < 1.29 is 9.21 Å². The van der Waals surface area contributed by atoms with Gasteiger partial charge in [0.2, 0.25) is 0 Å². The topological polar surface area (TPSA) is 30.2 Å². The summed E-state index contributed by atoms with van der Waals surface area (Å²) in [4.78, 5) is 11.4. The summed E-state index contributed by atoms with van der Waals surface area (Å²) >= 11 is 3.39. The zero-order valence-corrected chi connectivity index (χ0v) is 11.6. The van der Waals surface area contributed by atoms with Crippen LogP contribution in [0.25, 0.3) is 11.0 Å². The molecule has 94 valence electrons. The molecule has 0 fully saturated rings. The van der Waals surface area contributed by atoms with Gasteiger partial charge in [-0.15, -0.1) is 0 Å². The van der Waals surface area contributed by atoms with Gasteiger partial charge < -0.3 is 9.21 Å². The molecule has 0 N–H and O–H groups in total. The maximum Gasteiger partial charge on any atom is 0.135 e. The Balaban J connectivity index is 2.06. The fourth-order valence-electron chi connectivity index (χ4n) is 2.14. The summed E-state index contributed by atoms with van der Waals surface area (Å²) in [6.07, 6.45) is 0.918.